The van der Waals surface area contributed by atoms with E-state index in [4.69, 9.17) is 23.6 Å². The molecular formula is C28H18BrN5O5. The van der Waals surface area contributed by atoms with Crippen molar-refractivity contribution >= 4 is 32.5 Å². The van der Waals surface area contributed by atoms with Crippen LogP contribution in [0, 0.1) is 0 Å². The number of pyridine rings is 1. The van der Waals surface area contributed by atoms with Gasteiger partial charge < -0.3 is 18.6 Å². The van der Waals surface area contributed by atoms with Crippen LogP contribution in [0.5, 0.6) is 23.1 Å². The summed E-state index contributed by atoms with van der Waals surface area (Å²) in [7, 11) is 3.12. The highest BCUT2D eigenvalue weighted by Crippen LogP contribution is 2.50. The second-order valence-electron chi connectivity index (χ2n) is 8.80. The first-order valence-electron chi connectivity index (χ1n) is 11.9. The maximum absolute atomic E-state index is 13.6. The number of halogens is 1. The Hall–Kier alpha value is -4.77. The molecule has 0 saturated heterocycles. The number of hydrogen-bond acceptors (Lipinski definition) is 9. The Morgan fingerprint density at radius 3 is 2.64 bits per heavy atom. The number of methoxy groups -OCH3 is 2. The maximum Gasteiger partial charge on any atom is 0.344 e. The highest BCUT2D eigenvalue weighted by atomic mass is 79.9. The van der Waals surface area contributed by atoms with Gasteiger partial charge in [-0.2, -0.15) is 0 Å². The van der Waals surface area contributed by atoms with E-state index in [0.717, 1.165) is 11.1 Å². The average Bonchev–Trinajstić information content (AvgIpc) is 3.41. The molecule has 1 unspecified atom stereocenters. The van der Waals surface area contributed by atoms with Crippen LogP contribution in [-0.4, -0.2) is 38.8 Å². The van der Waals surface area contributed by atoms with Crippen molar-refractivity contribution in [3.63, 3.8) is 0 Å². The number of nitrogens with zero attached hydrogens (tertiary/aromatic N) is 5. The minimum Gasteiger partial charge on any atom is -0.493 e. The van der Waals surface area contributed by atoms with E-state index < -0.39 is 11.5 Å². The van der Waals surface area contributed by atoms with E-state index in [0.29, 0.717) is 61.2 Å². The minimum absolute atomic E-state index is 0.315. The Labute approximate surface area is 229 Å². The lowest BCUT2D eigenvalue weighted by atomic mass is 9.84. The molecule has 5 heterocycles. The molecule has 192 valence electrons. The van der Waals surface area contributed by atoms with Gasteiger partial charge in [-0.1, -0.05) is 12.1 Å². The molecule has 0 aliphatic carbocycles. The predicted octanol–water partition coefficient (Wildman–Crippen LogP) is 5.36. The molecule has 1 atom stereocenters. The summed E-state index contributed by atoms with van der Waals surface area (Å²) >= 11 is 3.60. The Kier molecular flexibility index (Phi) is 5.34. The second kappa shape index (κ2) is 8.91. The van der Waals surface area contributed by atoms with Crippen molar-refractivity contribution in [3.8, 4) is 34.5 Å². The van der Waals surface area contributed by atoms with Crippen molar-refractivity contribution < 1.29 is 18.6 Å². The first-order valence-corrected chi connectivity index (χ1v) is 12.7. The van der Waals surface area contributed by atoms with E-state index in [1.807, 2.05) is 36.4 Å². The maximum atomic E-state index is 13.6. The van der Waals surface area contributed by atoms with Gasteiger partial charge in [0.15, 0.2) is 28.7 Å². The largest absolute Gasteiger partial charge is 0.493 e. The van der Waals surface area contributed by atoms with Crippen molar-refractivity contribution in [2.75, 3.05) is 14.2 Å². The van der Waals surface area contributed by atoms with E-state index in [1.54, 1.807) is 49.6 Å². The first-order chi connectivity index (χ1) is 19.1. The third kappa shape index (κ3) is 3.57. The summed E-state index contributed by atoms with van der Waals surface area (Å²) in [6.07, 6.45) is 4.90. The van der Waals surface area contributed by atoms with Crippen LogP contribution in [0.4, 0.5) is 0 Å². The number of ether oxygens (including phenoxy) is 3. The van der Waals surface area contributed by atoms with Gasteiger partial charge in [-0.3, -0.25) is 4.98 Å². The topological polar surface area (TPSA) is 114 Å². The van der Waals surface area contributed by atoms with E-state index in [9.17, 15) is 4.79 Å². The molecule has 0 radical (unpaired) electrons. The normalized spacial score (nSPS) is 14.1. The minimum atomic E-state index is -0.675. The number of aromatic nitrogens is 5. The standard InChI is InChI=1S/C28H18BrN5O5/c1-36-19-12-15(11-17(29)24(19)37-2)20-21-23(16-5-3-4-6-18(16)38-28(21)35)39-27-22(20)26-32-25(33-34(26)13-31-27)14-7-9-30-10-8-14/h3-13,20H,1-2H3. The lowest BCUT2D eigenvalue weighted by Gasteiger charge is -2.28. The van der Waals surface area contributed by atoms with E-state index in [-0.39, 0.29) is 0 Å². The molecule has 2 aromatic carbocycles. The van der Waals surface area contributed by atoms with Crippen molar-refractivity contribution in [1.82, 2.24) is 24.6 Å². The van der Waals surface area contributed by atoms with Gasteiger partial charge in [0.25, 0.3) is 0 Å². The average molecular weight is 584 g/mol. The molecule has 1 aliphatic rings. The van der Waals surface area contributed by atoms with Crippen molar-refractivity contribution in [1.29, 1.82) is 0 Å². The molecule has 0 spiro atoms. The van der Waals surface area contributed by atoms with Crippen LogP contribution in [0.3, 0.4) is 0 Å². The lowest BCUT2D eigenvalue weighted by molar-refractivity contribution is 0.352. The van der Waals surface area contributed by atoms with Crippen LogP contribution in [0.1, 0.15) is 22.6 Å². The molecule has 1 aliphatic heterocycles. The molecule has 11 heteroatoms. The highest BCUT2D eigenvalue weighted by Gasteiger charge is 2.38. The van der Waals surface area contributed by atoms with Crippen molar-refractivity contribution in [2.45, 2.75) is 5.92 Å². The summed E-state index contributed by atoms with van der Waals surface area (Å²) in [4.78, 5) is 27.1. The Morgan fingerprint density at radius 1 is 1.03 bits per heavy atom. The van der Waals surface area contributed by atoms with Gasteiger partial charge in [-0.05, 0) is 57.9 Å². The first kappa shape index (κ1) is 23.4. The van der Waals surface area contributed by atoms with E-state index in [2.05, 4.69) is 31.0 Å². The van der Waals surface area contributed by atoms with Gasteiger partial charge in [0.05, 0.1) is 41.1 Å². The third-order valence-electron chi connectivity index (χ3n) is 6.69. The molecule has 10 nitrogen and oxygen atoms in total. The van der Waals surface area contributed by atoms with Gasteiger partial charge in [0, 0.05) is 18.0 Å². The van der Waals surface area contributed by atoms with Gasteiger partial charge in [0.1, 0.15) is 11.9 Å². The summed E-state index contributed by atoms with van der Waals surface area (Å²) in [6, 6.07) is 14.6. The SMILES string of the molecule is COc1cc(C2c3c(c4ccccc4oc3=O)Oc3ncn4nc(-c5ccncc5)nc4c32)cc(Br)c1OC. The van der Waals surface area contributed by atoms with Crippen LogP contribution >= 0.6 is 15.9 Å². The zero-order chi connectivity index (χ0) is 26.7. The fraction of sp³-hybridized carbons (Fsp3) is 0.107. The number of rotatable bonds is 4. The molecule has 0 bridgehead atoms. The van der Waals surface area contributed by atoms with Crippen LogP contribution in [0.2, 0.25) is 0 Å². The summed E-state index contributed by atoms with van der Waals surface area (Å²) in [5, 5.41) is 5.29. The Morgan fingerprint density at radius 2 is 1.85 bits per heavy atom. The van der Waals surface area contributed by atoms with Crippen LogP contribution in [0.15, 0.2) is 80.9 Å². The quantitative estimate of drug-likeness (QED) is 0.252. The highest BCUT2D eigenvalue weighted by molar-refractivity contribution is 9.10. The summed E-state index contributed by atoms with van der Waals surface area (Å²) in [5.74, 6) is 1.52. The summed E-state index contributed by atoms with van der Waals surface area (Å²) < 4.78 is 25.5. The number of para-hydroxylation sites is 1. The number of benzene rings is 2. The van der Waals surface area contributed by atoms with Crippen molar-refractivity contribution in [2.24, 2.45) is 0 Å². The Balaban J connectivity index is 1.57. The predicted molar refractivity (Wildman–Crippen MR) is 145 cm³/mol. The fourth-order valence-electron chi connectivity index (χ4n) is 4.99. The molecule has 0 N–H and O–H groups in total. The van der Waals surface area contributed by atoms with Gasteiger partial charge in [-0.15, -0.1) is 5.10 Å². The smallest absolute Gasteiger partial charge is 0.344 e. The molecule has 0 amide bonds. The van der Waals surface area contributed by atoms with Gasteiger partial charge >= 0.3 is 5.63 Å². The van der Waals surface area contributed by atoms with Gasteiger partial charge in [-0.25, -0.2) is 19.3 Å². The third-order valence-corrected chi connectivity index (χ3v) is 7.28. The Bertz CT molecular complexity index is 1970. The monoisotopic (exact) mass is 583 g/mol. The van der Waals surface area contributed by atoms with Crippen LogP contribution < -0.4 is 19.8 Å². The lowest BCUT2D eigenvalue weighted by Crippen LogP contribution is -2.22. The zero-order valence-electron chi connectivity index (χ0n) is 20.6. The van der Waals surface area contributed by atoms with Crippen LogP contribution in [0.25, 0.3) is 28.0 Å². The summed E-state index contributed by atoms with van der Waals surface area (Å²) in [5.41, 5.74) is 2.78. The van der Waals surface area contributed by atoms with Gasteiger partial charge in [0.2, 0.25) is 5.88 Å². The zero-order valence-corrected chi connectivity index (χ0v) is 22.2. The molecule has 6 aromatic rings. The molecule has 0 fully saturated rings. The number of fused-ring (bicyclic) bond motifs is 6. The molecule has 4 aromatic heterocycles. The molecule has 7 rings (SSSR count). The molecule has 39 heavy (non-hydrogen) atoms. The summed E-state index contributed by atoms with van der Waals surface area (Å²) in [6.45, 7) is 0. The molecular weight excluding hydrogens is 566 g/mol. The van der Waals surface area contributed by atoms with E-state index >= 15 is 0 Å². The fourth-order valence-corrected chi connectivity index (χ4v) is 5.61. The second-order valence-corrected chi connectivity index (χ2v) is 9.66. The van der Waals surface area contributed by atoms with E-state index in [1.165, 1.54) is 0 Å². The molecule has 0 saturated carbocycles. The van der Waals surface area contributed by atoms with Crippen molar-refractivity contribution in [3.05, 3.63) is 98.8 Å². The van der Waals surface area contributed by atoms with Crippen LogP contribution in [-0.2, 0) is 0 Å². The number of hydrogen-bond donors (Lipinski definition) is 0.